The summed E-state index contributed by atoms with van der Waals surface area (Å²) in [5.41, 5.74) is 4.36. The largest absolute Gasteiger partial charge is 0.493 e. The third-order valence-corrected chi connectivity index (χ3v) is 6.46. The van der Waals surface area contributed by atoms with E-state index in [1.807, 2.05) is 49.4 Å². The van der Waals surface area contributed by atoms with Crippen molar-refractivity contribution in [1.29, 1.82) is 0 Å². The summed E-state index contributed by atoms with van der Waals surface area (Å²) in [7, 11) is 0. The number of fused-ring (bicyclic) bond motifs is 1. The Morgan fingerprint density at radius 1 is 1.39 bits per heavy atom. The molecule has 0 bridgehead atoms. The highest BCUT2D eigenvalue weighted by molar-refractivity contribution is 9.10. The van der Waals surface area contributed by atoms with Gasteiger partial charge in [0.05, 0.1) is 28.3 Å². The highest BCUT2D eigenvalue weighted by atomic mass is 79.9. The number of halogens is 1. The topological polar surface area (TPSA) is 63.6 Å². The summed E-state index contributed by atoms with van der Waals surface area (Å²) in [6.07, 6.45) is 2.52. The van der Waals surface area contributed by atoms with E-state index in [0.29, 0.717) is 6.61 Å². The quantitative estimate of drug-likeness (QED) is 0.265. The van der Waals surface area contributed by atoms with Crippen molar-refractivity contribution < 1.29 is 9.53 Å². The second kappa shape index (κ2) is 10.0. The lowest BCUT2D eigenvalue weighted by Crippen LogP contribution is -2.26. The van der Waals surface area contributed by atoms with Crippen LogP contribution in [0, 0.1) is 0 Å². The van der Waals surface area contributed by atoms with Crippen molar-refractivity contribution >= 4 is 61.4 Å². The molecule has 3 rings (SSSR count). The molecule has 0 spiro atoms. The van der Waals surface area contributed by atoms with Crippen molar-refractivity contribution in [2.24, 2.45) is 5.10 Å². The molecule has 3 aromatic rings. The van der Waals surface area contributed by atoms with Crippen LogP contribution in [0.15, 0.2) is 56.4 Å². The maximum atomic E-state index is 12.4. The van der Waals surface area contributed by atoms with Gasteiger partial charge in [0.15, 0.2) is 4.34 Å². The summed E-state index contributed by atoms with van der Waals surface area (Å²) in [4.78, 5) is 16.9. The Kier molecular flexibility index (Phi) is 7.47. The molecule has 146 valence electrons. The summed E-state index contributed by atoms with van der Waals surface area (Å²) < 4.78 is 8.62. The Morgan fingerprint density at radius 3 is 3.00 bits per heavy atom. The van der Waals surface area contributed by atoms with Gasteiger partial charge in [0.1, 0.15) is 5.75 Å². The van der Waals surface area contributed by atoms with Crippen LogP contribution in [-0.4, -0.2) is 29.0 Å². The minimum atomic E-state index is -0.309. The molecule has 0 aliphatic heterocycles. The lowest BCUT2D eigenvalue weighted by molar-refractivity contribution is -0.120. The average Bonchev–Trinajstić information content (AvgIpc) is 3.09. The Balaban J connectivity index is 1.60. The van der Waals surface area contributed by atoms with Crippen molar-refractivity contribution in [3.63, 3.8) is 0 Å². The second-order valence-corrected chi connectivity index (χ2v) is 9.51. The number of thioether (sulfide) groups is 1. The van der Waals surface area contributed by atoms with Gasteiger partial charge in [-0.3, -0.25) is 4.79 Å². The van der Waals surface area contributed by atoms with Crippen LogP contribution in [0.25, 0.3) is 10.2 Å². The van der Waals surface area contributed by atoms with Gasteiger partial charge in [0.2, 0.25) is 0 Å². The standard InChI is InChI=1S/C20H20BrN3O2S2/c1-3-10-26-17-9-8-15(21)11-14(17)12-22-24-19(25)13(2)27-20-23-16-6-4-5-7-18(16)28-20/h4-9,11-13H,3,10H2,1-2H3,(H,24,25). The van der Waals surface area contributed by atoms with Crippen LogP contribution in [-0.2, 0) is 4.79 Å². The zero-order chi connectivity index (χ0) is 19.9. The number of nitrogens with zero attached hydrogens (tertiary/aromatic N) is 2. The predicted octanol–water partition coefficient (Wildman–Crippen LogP) is 5.48. The number of carbonyl (C=O) groups excluding carboxylic acids is 1. The molecule has 2 aromatic carbocycles. The fourth-order valence-corrected chi connectivity index (χ4v) is 4.91. The molecule has 1 amide bonds. The van der Waals surface area contributed by atoms with Gasteiger partial charge >= 0.3 is 0 Å². The number of hydrogen-bond donors (Lipinski definition) is 1. The Labute approximate surface area is 180 Å². The SMILES string of the molecule is CCCOc1ccc(Br)cc1C=NNC(=O)C(C)Sc1nc2ccccc2s1. The van der Waals surface area contributed by atoms with Crippen LogP contribution < -0.4 is 10.2 Å². The number of aromatic nitrogens is 1. The van der Waals surface area contributed by atoms with Gasteiger partial charge in [-0.05, 0) is 43.7 Å². The smallest absolute Gasteiger partial charge is 0.253 e. The number of rotatable bonds is 8. The van der Waals surface area contributed by atoms with Gasteiger partial charge in [-0.15, -0.1) is 11.3 Å². The van der Waals surface area contributed by atoms with Gasteiger partial charge < -0.3 is 4.74 Å². The minimum Gasteiger partial charge on any atom is -0.493 e. The summed E-state index contributed by atoms with van der Waals surface area (Å²) >= 11 is 6.46. The van der Waals surface area contributed by atoms with Crippen molar-refractivity contribution in [3.05, 3.63) is 52.5 Å². The predicted molar refractivity (Wildman–Crippen MR) is 121 cm³/mol. The molecule has 0 aliphatic rings. The number of carbonyl (C=O) groups is 1. The van der Waals surface area contributed by atoms with E-state index < -0.39 is 0 Å². The third-order valence-electron chi connectivity index (χ3n) is 3.73. The second-order valence-electron chi connectivity index (χ2n) is 5.97. The van der Waals surface area contributed by atoms with Crippen molar-refractivity contribution in [1.82, 2.24) is 10.4 Å². The zero-order valence-corrected chi connectivity index (χ0v) is 18.7. The Hall–Kier alpha value is -1.90. The van der Waals surface area contributed by atoms with Crippen LogP contribution in [0.4, 0.5) is 0 Å². The number of nitrogens with one attached hydrogen (secondary N) is 1. The van der Waals surface area contributed by atoms with Crippen molar-refractivity contribution in [2.45, 2.75) is 29.9 Å². The first-order valence-corrected chi connectivity index (χ1v) is 11.3. The summed E-state index contributed by atoms with van der Waals surface area (Å²) in [6.45, 7) is 4.53. The molecule has 0 aliphatic carbocycles. The van der Waals surface area contributed by atoms with Gasteiger partial charge in [-0.1, -0.05) is 46.7 Å². The lowest BCUT2D eigenvalue weighted by Gasteiger charge is -2.09. The normalized spacial score (nSPS) is 12.4. The average molecular weight is 478 g/mol. The molecule has 1 heterocycles. The number of thiazole rings is 1. The van der Waals surface area contributed by atoms with Crippen molar-refractivity contribution in [3.8, 4) is 5.75 Å². The van der Waals surface area contributed by atoms with E-state index >= 15 is 0 Å². The Bertz CT molecular complexity index is 957. The number of benzene rings is 2. The molecule has 1 atom stereocenters. The van der Waals surface area contributed by atoms with Gasteiger partial charge in [0.25, 0.3) is 5.91 Å². The molecule has 0 saturated heterocycles. The van der Waals surface area contributed by atoms with Gasteiger partial charge in [-0.2, -0.15) is 5.10 Å². The van der Waals surface area contributed by atoms with Crippen LogP contribution in [0.2, 0.25) is 0 Å². The molecule has 28 heavy (non-hydrogen) atoms. The van der Waals surface area contributed by atoms with Gasteiger partial charge in [-0.25, -0.2) is 10.4 Å². The van der Waals surface area contributed by atoms with Crippen LogP contribution in [0.5, 0.6) is 5.75 Å². The van der Waals surface area contributed by atoms with Crippen LogP contribution in [0.1, 0.15) is 25.8 Å². The molecule has 5 nitrogen and oxygen atoms in total. The first-order valence-electron chi connectivity index (χ1n) is 8.84. The molecule has 1 aromatic heterocycles. The molecule has 0 radical (unpaired) electrons. The van der Waals surface area contributed by atoms with E-state index in [2.05, 4.69) is 38.4 Å². The number of para-hydroxylation sites is 1. The Morgan fingerprint density at radius 2 is 2.21 bits per heavy atom. The van der Waals surface area contributed by atoms with Gasteiger partial charge in [0, 0.05) is 10.0 Å². The molecule has 8 heteroatoms. The van der Waals surface area contributed by atoms with Crippen LogP contribution >= 0.6 is 39.0 Å². The highest BCUT2D eigenvalue weighted by Crippen LogP contribution is 2.31. The van der Waals surface area contributed by atoms with E-state index in [9.17, 15) is 4.79 Å². The number of ether oxygens (including phenoxy) is 1. The zero-order valence-electron chi connectivity index (χ0n) is 15.5. The van der Waals surface area contributed by atoms with E-state index in [0.717, 1.165) is 36.8 Å². The van der Waals surface area contributed by atoms with E-state index in [1.165, 1.54) is 11.8 Å². The molecule has 0 fully saturated rings. The molecule has 1 N–H and O–H groups in total. The third kappa shape index (κ3) is 5.56. The van der Waals surface area contributed by atoms with Crippen molar-refractivity contribution in [2.75, 3.05) is 6.61 Å². The van der Waals surface area contributed by atoms with Crippen LogP contribution in [0.3, 0.4) is 0 Å². The monoisotopic (exact) mass is 477 g/mol. The fraction of sp³-hybridized carbons (Fsp3) is 0.250. The maximum Gasteiger partial charge on any atom is 0.253 e. The first-order chi connectivity index (χ1) is 13.6. The number of hydrogen-bond acceptors (Lipinski definition) is 6. The van der Waals surface area contributed by atoms with E-state index in [1.54, 1.807) is 17.6 Å². The maximum absolute atomic E-state index is 12.4. The summed E-state index contributed by atoms with van der Waals surface area (Å²) in [5.74, 6) is 0.562. The first kappa shape index (κ1) is 20.8. The summed E-state index contributed by atoms with van der Waals surface area (Å²) in [5, 5.41) is 3.79. The summed E-state index contributed by atoms with van der Waals surface area (Å²) in [6, 6.07) is 13.7. The molecular formula is C20H20BrN3O2S2. The lowest BCUT2D eigenvalue weighted by atomic mass is 10.2. The molecule has 0 saturated carbocycles. The molecule has 1 unspecified atom stereocenters. The fourth-order valence-electron chi connectivity index (χ4n) is 2.33. The minimum absolute atomic E-state index is 0.175. The number of hydrazone groups is 1. The molecular weight excluding hydrogens is 458 g/mol. The van der Waals surface area contributed by atoms with E-state index in [4.69, 9.17) is 4.74 Å². The number of amides is 1. The van der Waals surface area contributed by atoms with E-state index in [-0.39, 0.29) is 11.2 Å². The highest BCUT2D eigenvalue weighted by Gasteiger charge is 2.16.